The first-order valence-corrected chi connectivity index (χ1v) is 15.6. The third kappa shape index (κ3) is 11.2. The SMILES string of the molecule is CCn1c(CC[C@](C)(COC(C)=O)NC(C)=O)ccc1C(=CCCc1ccc(C)cc1)OC(=O)CCCc1ccc(C)cc1. The lowest BCUT2D eigenvalue weighted by Gasteiger charge is -2.30. The highest BCUT2D eigenvalue weighted by molar-refractivity contribution is 5.77. The van der Waals surface area contributed by atoms with Gasteiger partial charge in [0.25, 0.3) is 0 Å². The lowest BCUT2D eigenvalue weighted by atomic mass is 9.95. The smallest absolute Gasteiger partial charge is 0.311 e. The van der Waals surface area contributed by atoms with Crippen LogP contribution in [0.25, 0.3) is 5.76 Å². The molecule has 0 fully saturated rings. The summed E-state index contributed by atoms with van der Waals surface area (Å²) in [5, 5.41) is 2.95. The quantitative estimate of drug-likeness (QED) is 0.141. The Hall–Kier alpha value is -4.13. The number of nitrogens with one attached hydrogen (secondary N) is 1. The van der Waals surface area contributed by atoms with Crippen molar-refractivity contribution in [2.45, 2.75) is 98.6 Å². The second-order valence-corrected chi connectivity index (χ2v) is 11.9. The molecule has 0 aliphatic heterocycles. The fraction of sp³-hybridized carbons (Fsp3) is 0.432. The van der Waals surface area contributed by atoms with Crippen LogP contribution in [-0.2, 0) is 49.7 Å². The molecule has 0 saturated carbocycles. The molecular formula is C37H48N2O5. The minimum Gasteiger partial charge on any atom is -0.463 e. The maximum atomic E-state index is 13.1. The van der Waals surface area contributed by atoms with Crippen LogP contribution in [0.15, 0.2) is 66.7 Å². The first-order valence-electron chi connectivity index (χ1n) is 15.6. The van der Waals surface area contributed by atoms with Gasteiger partial charge in [0, 0.05) is 32.5 Å². The summed E-state index contributed by atoms with van der Waals surface area (Å²) in [6.45, 7) is 11.7. The van der Waals surface area contributed by atoms with Crippen LogP contribution in [0.5, 0.6) is 0 Å². The molecule has 3 aromatic rings. The van der Waals surface area contributed by atoms with Crippen molar-refractivity contribution >= 4 is 23.6 Å². The Morgan fingerprint density at radius 2 is 1.48 bits per heavy atom. The molecule has 2 aromatic carbocycles. The van der Waals surface area contributed by atoms with Crippen molar-refractivity contribution in [1.29, 1.82) is 0 Å². The molecule has 7 heteroatoms. The van der Waals surface area contributed by atoms with Crippen LogP contribution in [-0.4, -0.2) is 34.6 Å². The summed E-state index contributed by atoms with van der Waals surface area (Å²) < 4.78 is 13.5. The number of carbonyl (C=O) groups is 3. The number of amides is 1. The Balaban J connectivity index is 1.77. The number of ether oxygens (including phenoxy) is 2. The van der Waals surface area contributed by atoms with Gasteiger partial charge in [0.2, 0.25) is 5.91 Å². The third-order valence-corrected chi connectivity index (χ3v) is 7.72. The van der Waals surface area contributed by atoms with Gasteiger partial charge in [-0.1, -0.05) is 59.7 Å². The van der Waals surface area contributed by atoms with Gasteiger partial charge in [-0.15, -0.1) is 0 Å². The van der Waals surface area contributed by atoms with Crippen LogP contribution in [0.4, 0.5) is 0 Å². The highest BCUT2D eigenvalue weighted by Crippen LogP contribution is 2.25. The number of hydrogen-bond donors (Lipinski definition) is 1. The molecule has 7 nitrogen and oxygen atoms in total. The molecule has 1 N–H and O–H groups in total. The van der Waals surface area contributed by atoms with Gasteiger partial charge in [0.1, 0.15) is 6.61 Å². The number of carbonyl (C=O) groups excluding carboxylic acids is 3. The Morgan fingerprint density at radius 1 is 0.864 bits per heavy atom. The Morgan fingerprint density at radius 3 is 2.05 bits per heavy atom. The van der Waals surface area contributed by atoms with Gasteiger partial charge in [-0.3, -0.25) is 14.4 Å². The second kappa shape index (κ2) is 16.6. The van der Waals surface area contributed by atoms with E-state index in [1.807, 2.05) is 25.1 Å². The number of rotatable bonds is 16. The third-order valence-electron chi connectivity index (χ3n) is 7.72. The number of allylic oxidation sites excluding steroid dienone is 1. The zero-order valence-corrected chi connectivity index (χ0v) is 27.2. The van der Waals surface area contributed by atoms with Gasteiger partial charge in [-0.2, -0.15) is 0 Å². The minimum absolute atomic E-state index is 0.0893. The first-order chi connectivity index (χ1) is 21.0. The number of benzene rings is 2. The molecular weight excluding hydrogens is 552 g/mol. The minimum atomic E-state index is -0.711. The maximum Gasteiger partial charge on any atom is 0.311 e. The van der Waals surface area contributed by atoms with Crippen molar-refractivity contribution in [1.82, 2.24) is 9.88 Å². The number of nitrogens with zero attached hydrogens (tertiary/aromatic N) is 1. The molecule has 0 spiro atoms. The molecule has 0 bridgehead atoms. The predicted molar refractivity (Wildman–Crippen MR) is 175 cm³/mol. The van der Waals surface area contributed by atoms with E-state index >= 15 is 0 Å². The molecule has 3 rings (SSSR count). The van der Waals surface area contributed by atoms with E-state index in [2.05, 4.69) is 79.2 Å². The van der Waals surface area contributed by atoms with Crippen LogP contribution in [0.1, 0.15) is 87.0 Å². The summed E-state index contributed by atoms with van der Waals surface area (Å²) >= 11 is 0. The van der Waals surface area contributed by atoms with Crippen molar-refractivity contribution < 1.29 is 23.9 Å². The summed E-state index contributed by atoms with van der Waals surface area (Å²) in [5.74, 6) is -0.250. The van der Waals surface area contributed by atoms with Crippen LogP contribution in [0.2, 0.25) is 0 Å². The van der Waals surface area contributed by atoms with E-state index in [4.69, 9.17) is 9.47 Å². The van der Waals surface area contributed by atoms with Crippen LogP contribution < -0.4 is 5.32 Å². The molecule has 0 radical (unpaired) electrons. The summed E-state index contributed by atoms with van der Waals surface area (Å²) in [6, 6.07) is 20.9. The maximum absolute atomic E-state index is 13.1. The zero-order valence-electron chi connectivity index (χ0n) is 27.2. The van der Waals surface area contributed by atoms with Crippen molar-refractivity contribution in [3.05, 3.63) is 100 Å². The lowest BCUT2D eigenvalue weighted by Crippen LogP contribution is -2.49. The van der Waals surface area contributed by atoms with Gasteiger partial charge in [0.05, 0.1) is 11.2 Å². The largest absolute Gasteiger partial charge is 0.463 e. The molecule has 236 valence electrons. The van der Waals surface area contributed by atoms with E-state index in [0.29, 0.717) is 38.0 Å². The van der Waals surface area contributed by atoms with Crippen molar-refractivity contribution in [2.24, 2.45) is 0 Å². The van der Waals surface area contributed by atoms with E-state index < -0.39 is 5.54 Å². The van der Waals surface area contributed by atoms with E-state index in [1.165, 1.54) is 36.1 Å². The lowest BCUT2D eigenvalue weighted by molar-refractivity contribution is -0.144. The average molecular weight is 601 g/mol. The zero-order chi connectivity index (χ0) is 32.1. The highest BCUT2D eigenvalue weighted by Gasteiger charge is 2.27. The van der Waals surface area contributed by atoms with E-state index in [-0.39, 0.29) is 24.5 Å². The van der Waals surface area contributed by atoms with Crippen LogP contribution in [0, 0.1) is 13.8 Å². The molecule has 1 heterocycles. The fourth-order valence-corrected chi connectivity index (χ4v) is 5.27. The second-order valence-electron chi connectivity index (χ2n) is 11.9. The normalized spacial score (nSPS) is 12.8. The first kappa shape index (κ1) is 34.4. The Labute approximate surface area is 262 Å². The van der Waals surface area contributed by atoms with Gasteiger partial charge in [-0.05, 0) is 95.6 Å². The number of esters is 2. The molecule has 1 atom stereocenters. The molecule has 44 heavy (non-hydrogen) atoms. The van der Waals surface area contributed by atoms with Gasteiger partial charge in [0.15, 0.2) is 5.76 Å². The Bertz CT molecular complexity index is 1420. The van der Waals surface area contributed by atoms with Crippen molar-refractivity contribution in [3.63, 3.8) is 0 Å². The van der Waals surface area contributed by atoms with Crippen LogP contribution in [0.3, 0.4) is 0 Å². The standard InChI is InChI=1S/C37H48N2O5/c1-7-39-33(24-25-37(6,38-29(4)40)26-43-30(5)41)22-23-34(39)35(12-8-10-31-18-14-27(2)15-19-31)44-36(42)13-9-11-32-20-16-28(3)17-21-32/h12,14-23H,7-11,13,24-26H2,1-6H3,(H,38,40)/t37-/m1/s1. The van der Waals surface area contributed by atoms with Gasteiger partial charge in [-0.25, -0.2) is 0 Å². The fourth-order valence-electron chi connectivity index (χ4n) is 5.27. The number of aromatic nitrogens is 1. The Kier molecular flexibility index (Phi) is 13.0. The molecule has 0 aliphatic rings. The number of hydrogen-bond acceptors (Lipinski definition) is 5. The van der Waals surface area contributed by atoms with Crippen molar-refractivity contribution in [2.75, 3.05) is 6.61 Å². The molecule has 0 aliphatic carbocycles. The van der Waals surface area contributed by atoms with Gasteiger partial charge < -0.3 is 19.4 Å². The molecule has 0 unspecified atom stereocenters. The summed E-state index contributed by atoms with van der Waals surface area (Å²) in [7, 11) is 0. The molecule has 1 amide bonds. The van der Waals surface area contributed by atoms with Crippen LogP contribution >= 0.6 is 0 Å². The monoisotopic (exact) mass is 600 g/mol. The molecule has 1 aromatic heterocycles. The van der Waals surface area contributed by atoms with E-state index in [9.17, 15) is 14.4 Å². The predicted octanol–water partition coefficient (Wildman–Crippen LogP) is 7.06. The molecule has 0 saturated heterocycles. The summed E-state index contributed by atoms with van der Waals surface area (Å²) in [4.78, 5) is 36.5. The topological polar surface area (TPSA) is 86.6 Å². The van der Waals surface area contributed by atoms with E-state index in [1.54, 1.807) is 0 Å². The average Bonchev–Trinajstić information content (AvgIpc) is 3.39. The van der Waals surface area contributed by atoms with E-state index in [0.717, 1.165) is 30.7 Å². The van der Waals surface area contributed by atoms with Crippen molar-refractivity contribution in [3.8, 4) is 0 Å². The van der Waals surface area contributed by atoms with Gasteiger partial charge >= 0.3 is 11.9 Å². The summed E-state index contributed by atoms with van der Waals surface area (Å²) in [5.41, 5.74) is 6.06. The highest BCUT2D eigenvalue weighted by atomic mass is 16.5. The summed E-state index contributed by atoms with van der Waals surface area (Å²) in [6.07, 6.45) is 6.63. The number of aryl methyl sites for hydroxylation is 5.